The minimum absolute atomic E-state index is 0.164. The monoisotopic (exact) mass is 280 g/mol. The van der Waals surface area contributed by atoms with Crippen molar-refractivity contribution < 1.29 is 19.1 Å². The molecule has 20 heavy (non-hydrogen) atoms. The summed E-state index contributed by atoms with van der Waals surface area (Å²) in [5.41, 5.74) is 0. The van der Waals surface area contributed by atoms with Gasteiger partial charge >= 0.3 is 11.9 Å². The maximum absolute atomic E-state index is 11.8. The predicted molar refractivity (Wildman–Crippen MR) is 75.1 cm³/mol. The number of hydrogen-bond acceptors (Lipinski definition) is 4. The van der Waals surface area contributed by atoms with E-state index in [9.17, 15) is 9.59 Å². The Hall–Kier alpha value is -1.32. The summed E-state index contributed by atoms with van der Waals surface area (Å²) in [7, 11) is 0. The highest BCUT2D eigenvalue weighted by Crippen LogP contribution is 2.25. The van der Waals surface area contributed by atoms with E-state index in [1.807, 2.05) is 0 Å². The Kier molecular flexibility index (Phi) is 6.09. The largest absolute Gasteiger partial charge is 0.458 e. The van der Waals surface area contributed by atoms with Crippen molar-refractivity contribution in [1.82, 2.24) is 0 Å². The number of ether oxygens (including phenoxy) is 2. The van der Waals surface area contributed by atoms with Gasteiger partial charge < -0.3 is 9.47 Å². The molecule has 0 aromatic heterocycles. The molecular weight excluding hydrogens is 256 g/mol. The molecule has 0 N–H and O–H groups in total. The molecule has 4 nitrogen and oxygen atoms in total. The summed E-state index contributed by atoms with van der Waals surface area (Å²) in [6.07, 6.45) is 11.7. The van der Waals surface area contributed by atoms with E-state index in [1.54, 1.807) is 0 Å². The smallest absolute Gasteiger partial charge is 0.306 e. The molecule has 0 saturated heterocycles. The zero-order valence-corrected chi connectivity index (χ0v) is 12.0. The second-order valence-electron chi connectivity index (χ2n) is 5.60. The number of hydrogen-bond donors (Lipinski definition) is 0. The molecular formula is C16H24O4. The molecule has 2 rings (SSSR count). The van der Waals surface area contributed by atoms with Crippen LogP contribution in [-0.2, 0) is 19.1 Å². The molecule has 1 aliphatic carbocycles. The van der Waals surface area contributed by atoms with Crippen molar-refractivity contribution in [1.29, 1.82) is 0 Å². The van der Waals surface area contributed by atoms with Gasteiger partial charge in [0.25, 0.3) is 0 Å². The molecule has 0 aromatic rings. The van der Waals surface area contributed by atoms with Gasteiger partial charge in [-0.05, 0) is 51.4 Å². The first-order valence-corrected chi connectivity index (χ1v) is 7.79. The van der Waals surface area contributed by atoms with Crippen LogP contribution in [0, 0.1) is 0 Å². The van der Waals surface area contributed by atoms with Crippen molar-refractivity contribution >= 4 is 11.9 Å². The van der Waals surface area contributed by atoms with E-state index in [1.165, 1.54) is 0 Å². The summed E-state index contributed by atoms with van der Waals surface area (Å²) in [6, 6.07) is 0. The number of esters is 2. The van der Waals surface area contributed by atoms with E-state index in [4.69, 9.17) is 9.47 Å². The minimum atomic E-state index is -0.237. The van der Waals surface area contributed by atoms with Crippen molar-refractivity contribution in [2.24, 2.45) is 0 Å². The Morgan fingerprint density at radius 2 is 1.20 bits per heavy atom. The van der Waals surface area contributed by atoms with Crippen LogP contribution < -0.4 is 0 Å². The van der Waals surface area contributed by atoms with Crippen molar-refractivity contribution in [2.75, 3.05) is 0 Å². The zero-order chi connectivity index (χ0) is 14.2. The Labute approximate surface area is 120 Å². The topological polar surface area (TPSA) is 52.6 Å². The fourth-order valence-corrected chi connectivity index (χ4v) is 2.75. The maximum atomic E-state index is 11.8. The molecule has 1 aliphatic heterocycles. The number of rotatable bonds is 0. The molecule has 1 saturated carbocycles. The third-order valence-corrected chi connectivity index (χ3v) is 3.88. The highest BCUT2D eigenvalue weighted by molar-refractivity contribution is 5.70. The van der Waals surface area contributed by atoms with Crippen LogP contribution in [0.15, 0.2) is 12.2 Å². The predicted octanol–water partition coefficient (Wildman–Crippen LogP) is 3.29. The van der Waals surface area contributed by atoms with Crippen molar-refractivity contribution in [3.05, 3.63) is 12.2 Å². The molecule has 2 aliphatic rings. The first-order valence-electron chi connectivity index (χ1n) is 7.79. The van der Waals surface area contributed by atoms with Gasteiger partial charge in [0.15, 0.2) is 0 Å². The Balaban J connectivity index is 1.97. The second kappa shape index (κ2) is 8.08. The van der Waals surface area contributed by atoms with E-state index >= 15 is 0 Å². The summed E-state index contributed by atoms with van der Waals surface area (Å²) < 4.78 is 11.0. The standard InChI is InChI=1S/C16H24O4/c17-15-11-5-3-1-2-4-6-12-16(18)20-14-10-8-7-9-13(14)19-15/h1-2,13-14H,3-12H2/b2-1-/t13-,14-/m1/s1. The molecule has 2 atom stereocenters. The highest BCUT2D eigenvalue weighted by atomic mass is 16.6. The second-order valence-corrected chi connectivity index (χ2v) is 5.60. The van der Waals surface area contributed by atoms with Gasteiger partial charge in [-0.1, -0.05) is 12.2 Å². The average Bonchev–Trinajstić information content (AvgIpc) is 2.43. The fraction of sp³-hybridized carbons (Fsp3) is 0.750. The third kappa shape index (κ3) is 4.99. The molecule has 0 bridgehead atoms. The SMILES string of the molecule is O=C1CCC/C=C\CCCC(=O)O[C@@H]2CCCC[C@H]2O1. The van der Waals surface area contributed by atoms with Crippen LogP contribution in [0.4, 0.5) is 0 Å². The van der Waals surface area contributed by atoms with Crippen LogP contribution in [0.5, 0.6) is 0 Å². The van der Waals surface area contributed by atoms with Gasteiger partial charge in [-0.25, -0.2) is 0 Å². The first-order chi connectivity index (χ1) is 9.75. The normalized spacial score (nSPS) is 31.4. The lowest BCUT2D eigenvalue weighted by atomic mass is 9.94. The lowest BCUT2D eigenvalue weighted by Gasteiger charge is -2.30. The Morgan fingerprint density at radius 1 is 0.750 bits per heavy atom. The van der Waals surface area contributed by atoms with Gasteiger partial charge in [-0.2, -0.15) is 0 Å². The fourth-order valence-electron chi connectivity index (χ4n) is 2.75. The van der Waals surface area contributed by atoms with E-state index in [2.05, 4.69) is 12.2 Å². The highest BCUT2D eigenvalue weighted by Gasteiger charge is 2.31. The minimum Gasteiger partial charge on any atom is -0.458 e. The number of fused-ring (bicyclic) bond motifs is 1. The summed E-state index contributed by atoms with van der Waals surface area (Å²) >= 11 is 0. The number of carbonyl (C=O) groups excluding carboxylic acids is 2. The molecule has 4 heteroatoms. The van der Waals surface area contributed by atoms with E-state index in [-0.39, 0.29) is 24.1 Å². The summed E-state index contributed by atoms with van der Waals surface area (Å²) in [5.74, 6) is -0.327. The van der Waals surface area contributed by atoms with Crippen LogP contribution in [0.2, 0.25) is 0 Å². The average molecular weight is 280 g/mol. The number of carbonyl (C=O) groups is 2. The summed E-state index contributed by atoms with van der Waals surface area (Å²) in [6.45, 7) is 0. The Morgan fingerprint density at radius 3 is 1.65 bits per heavy atom. The third-order valence-electron chi connectivity index (χ3n) is 3.88. The lowest BCUT2D eigenvalue weighted by molar-refractivity contribution is -0.171. The van der Waals surface area contributed by atoms with E-state index in [0.29, 0.717) is 12.8 Å². The van der Waals surface area contributed by atoms with E-state index < -0.39 is 0 Å². The maximum Gasteiger partial charge on any atom is 0.306 e. The molecule has 0 unspecified atom stereocenters. The molecule has 112 valence electrons. The quantitative estimate of drug-likeness (QED) is 0.504. The van der Waals surface area contributed by atoms with Crippen LogP contribution >= 0.6 is 0 Å². The lowest BCUT2D eigenvalue weighted by Crippen LogP contribution is -2.37. The van der Waals surface area contributed by atoms with Gasteiger partial charge in [0.05, 0.1) is 0 Å². The molecule has 0 radical (unpaired) electrons. The van der Waals surface area contributed by atoms with Gasteiger partial charge in [-0.15, -0.1) is 0 Å². The molecule has 0 spiro atoms. The van der Waals surface area contributed by atoms with Crippen LogP contribution in [0.3, 0.4) is 0 Å². The van der Waals surface area contributed by atoms with Crippen LogP contribution in [-0.4, -0.2) is 24.1 Å². The van der Waals surface area contributed by atoms with Crippen LogP contribution in [0.1, 0.15) is 64.2 Å². The van der Waals surface area contributed by atoms with Gasteiger partial charge in [0, 0.05) is 12.8 Å². The molecule has 0 amide bonds. The van der Waals surface area contributed by atoms with Gasteiger partial charge in [-0.3, -0.25) is 9.59 Å². The van der Waals surface area contributed by atoms with Gasteiger partial charge in [0.2, 0.25) is 0 Å². The van der Waals surface area contributed by atoms with Crippen molar-refractivity contribution in [2.45, 2.75) is 76.4 Å². The molecule has 0 aromatic carbocycles. The van der Waals surface area contributed by atoms with Crippen LogP contribution in [0.25, 0.3) is 0 Å². The van der Waals surface area contributed by atoms with Gasteiger partial charge in [0.1, 0.15) is 12.2 Å². The number of allylic oxidation sites excluding steroid dienone is 2. The van der Waals surface area contributed by atoms with E-state index in [0.717, 1.165) is 51.4 Å². The Bertz CT molecular complexity index is 327. The van der Waals surface area contributed by atoms with Crippen molar-refractivity contribution in [3.63, 3.8) is 0 Å². The summed E-state index contributed by atoms with van der Waals surface area (Å²) in [4.78, 5) is 23.6. The molecule has 1 fully saturated rings. The zero-order valence-electron chi connectivity index (χ0n) is 12.0. The first kappa shape index (κ1) is 15.1. The van der Waals surface area contributed by atoms with Crippen molar-refractivity contribution in [3.8, 4) is 0 Å². The summed E-state index contributed by atoms with van der Waals surface area (Å²) in [5, 5.41) is 0. The molecule has 1 heterocycles.